The molecule has 8 heteroatoms. The summed E-state index contributed by atoms with van der Waals surface area (Å²) in [7, 11) is 0. The summed E-state index contributed by atoms with van der Waals surface area (Å²) in [5.74, 6) is 0.509. The molecule has 2 N–H and O–H groups in total. The van der Waals surface area contributed by atoms with Crippen LogP contribution in [0.25, 0.3) is 0 Å². The number of nitrogens with one attached hydrogen (secondary N) is 2. The number of hydrogen-bond acceptors (Lipinski definition) is 6. The van der Waals surface area contributed by atoms with Gasteiger partial charge in [-0.3, -0.25) is 14.5 Å². The zero-order valence-corrected chi connectivity index (χ0v) is 14.7. The molecule has 2 aromatic rings. The van der Waals surface area contributed by atoms with Crippen molar-refractivity contribution in [1.82, 2.24) is 14.9 Å². The van der Waals surface area contributed by atoms with Gasteiger partial charge in [0.15, 0.2) is 0 Å². The van der Waals surface area contributed by atoms with Gasteiger partial charge in [-0.15, -0.1) is 0 Å². The Labute approximate surface area is 152 Å². The molecule has 26 heavy (non-hydrogen) atoms. The smallest absolute Gasteiger partial charge is 0.238 e. The predicted molar refractivity (Wildman–Crippen MR) is 100 cm³/mol. The van der Waals surface area contributed by atoms with E-state index in [0.717, 1.165) is 32.1 Å². The summed E-state index contributed by atoms with van der Waals surface area (Å²) in [6.07, 6.45) is 3.47. The van der Waals surface area contributed by atoms with Crippen LogP contribution in [0.2, 0.25) is 0 Å². The molecule has 1 aromatic heterocycles. The molecule has 1 aliphatic heterocycles. The van der Waals surface area contributed by atoms with E-state index in [2.05, 4.69) is 30.4 Å². The van der Waals surface area contributed by atoms with Crippen LogP contribution in [0.1, 0.15) is 6.92 Å². The molecule has 2 amide bonds. The molecule has 2 heterocycles. The second kappa shape index (κ2) is 8.39. The molecule has 0 spiro atoms. The molecular formula is C18H22N6O2. The maximum atomic E-state index is 12.3. The van der Waals surface area contributed by atoms with E-state index in [4.69, 9.17) is 0 Å². The van der Waals surface area contributed by atoms with Crippen LogP contribution in [0, 0.1) is 0 Å². The molecule has 0 radical (unpaired) electrons. The topological polar surface area (TPSA) is 90.5 Å². The number of amides is 2. The van der Waals surface area contributed by atoms with Crippen molar-refractivity contribution in [1.29, 1.82) is 0 Å². The van der Waals surface area contributed by atoms with E-state index in [0.29, 0.717) is 17.9 Å². The first kappa shape index (κ1) is 17.8. The summed E-state index contributed by atoms with van der Waals surface area (Å²) in [6, 6.07) is 8.91. The molecule has 0 bridgehead atoms. The first-order valence-electron chi connectivity index (χ1n) is 8.52. The monoisotopic (exact) mass is 354 g/mol. The Kier molecular flexibility index (Phi) is 5.75. The van der Waals surface area contributed by atoms with E-state index in [9.17, 15) is 9.59 Å². The number of carbonyl (C=O) groups excluding carboxylic acids is 2. The van der Waals surface area contributed by atoms with E-state index in [-0.39, 0.29) is 11.8 Å². The maximum absolute atomic E-state index is 12.3. The Bertz CT molecular complexity index is 759. The number of piperazine rings is 1. The Hall–Kier alpha value is -3.00. The van der Waals surface area contributed by atoms with Crippen molar-refractivity contribution in [3.63, 3.8) is 0 Å². The molecule has 1 fully saturated rings. The highest BCUT2D eigenvalue weighted by atomic mass is 16.2. The van der Waals surface area contributed by atoms with E-state index in [1.165, 1.54) is 6.92 Å². The van der Waals surface area contributed by atoms with Gasteiger partial charge in [0.1, 0.15) is 0 Å². The molecule has 0 saturated carbocycles. The zero-order chi connectivity index (χ0) is 18.4. The minimum Gasteiger partial charge on any atom is -0.338 e. The molecule has 0 unspecified atom stereocenters. The molecule has 0 atom stereocenters. The van der Waals surface area contributed by atoms with Gasteiger partial charge in [0.05, 0.1) is 6.54 Å². The van der Waals surface area contributed by atoms with Crippen LogP contribution in [0.3, 0.4) is 0 Å². The first-order chi connectivity index (χ1) is 12.6. The molecule has 1 aromatic carbocycles. The Morgan fingerprint density at radius 2 is 1.65 bits per heavy atom. The fraction of sp³-hybridized carbons (Fsp3) is 0.333. The predicted octanol–water partition coefficient (Wildman–Crippen LogP) is 1.20. The average molecular weight is 354 g/mol. The lowest BCUT2D eigenvalue weighted by atomic mass is 10.2. The van der Waals surface area contributed by atoms with E-state index >= 15 is 0 Å². The fourth-order valence-electron chi connectivity index (χ4n) is 2.84. The van der Waals surface area contributed by atoms with Gasteiger partial charge in [0, 0.05) is 56.9 Å². The fourth-order valence-corrected chi connectivity index (χ4v) is 2.84. The van der Waals surface area contributed by atoms with Crippen molar-refractivity contribution in [2.24, 2.45) is 0 Å². The SMILES string of the molecule is CC(=O)Nc1cccc(NC(=O)CN2CCN(c3ncccn3)CC2)c1. The molecule has 1 saturated heterocycles. The van der Waals surface area contributed by atoms with Crippen molar-refractivity contribution in [3.8, 4) is 0 Å². The van der Waals surface area contributed by atoms with Crippen LogP contribution < -0.4 is 15.5 Å². The largest absolute Gasteiger partial charge is 0.338 e. The van der Waals surface area contributed by atoms with Crippen molar-refractivity contribution >= 4 is 29.1 Å². The standard InChI is InChI=1S/C18H22N6O2/c1-14(25)21-15-4-2-5-16(12-15)22-17(26)13-23-8-10-24(11-9-23)18-19-6-3-7-20-18/h2-7,12H,8-11,13H2,1H3,(H,21,25)(H,22,26). The van der Waals surface area contributed by atoms with Gasteiger partial charge in [-0.25, -0.2) is 9.97 Å². The maximum Gasteiger partial charge on any atom is 0.238 e. The summed E-state index contributed by atoms with van der Waals surface area (Å²) < 4.78 is 0. The lowest BCUT2D eigenvalue weighted by molar-refractivity contribution is -0.117. The third-order valence-corrected chi connectivity index (χ3v) is 4.04. The second-order valence-corrected chi connectivity index (χ2v) is 6.12. The van der Waals surface area contributed by atoms with Crippen LogP contribution >= 0.6 is 0 Å². The van der Waals surface area contributed by atoms with Crippen molar-refractivity contribution in [2.75, 3.05) is 48.3 Å². The summed E-state index contributed by atoms with van der Waals surface area (Å²) in [5.41, 5.74) is 1.32. The highest BCUT2D eigenvalue weighted by Gasteiger charge is 2.20. The van der Waals surface area contributed by atoms with Crippen LogP contribution in [0.4, 0.5) is 17.3 Å². The van der Waals surface area contributed by atoms with Crippen molar-refractivity contribution < 1.29 is 9.59 Å². The highest BCUT2D eigenvalue weighted by molar-refractivity contribution is 5.94. The molecule has 0 aliphatic carbocycles. The summed E-state index contributed by atoms with van der Waals surface area (Å²) in [5, 5.41) is 5.58. The van der Waals surface area contributed by atoms with Gasteiger partial charge >= 0.3 is 0 Å². The number of rotatable bonds is 5. The van der Waals surface area contributed by atoms with Gasteiger partial charge in [-0.1, -0.05) is 6.07 Å². The number of benzene rings is 1. The summed E-state index contributed by atoms with van der Waals surface area (Å²) >= 11 is 0. The quantitative estimate of drug-likeness (QED) is 0.838. The van der Waals surface area contributed by atoms with E-state index < -0.39 is 0 Å². The van der Waals surface area contributed by atoms with Crippen LogP contribution in [-0.2, 0) is 9.59 Å². The van der Waals surface area contributed by atoms with Crippen LogP contribution in [0.5, 0.6) is 0 Å². The van der Waals surface area contributed by atoms with Crippen molar-refractivity contribution in [2.45, 2.75) is 6.92 Å². The number of aromatic nitrogens is 2. The zero-order valence-electron chi connectivity index (χ0n) is 14.7. The number of anilines is 3. The third kappa shape index (κ3) is 5.00. The first-order valence-corrected chi connectivity index (χ1v) is 8.52. The highest BCUT2D eigenvalue weighted by Crippen LogP contribution is 2.15. The van der Waals surface area contributed by atoms with Gasteiger partial charge in [-0.05, 0) is 24.3 Å². The van der Waals surface area contributed by atoms with Crippen LogP contribution in [-0.4, -0.2) is 59.4 Å². The Morgan fingerprint density at radius 3 is 2.31 bits per heavy atom. The molecule has 3 rings (SSSR count). The molecule has 1 aliphatic rings. The molecule has 8 nitrogen and oxygen atoms in total. The van der Waals surface area contributed by atoms with Gasteiger partial charge < -0.3 is 15.5 Å². The normalized spacial score (nSPS) is 14.7. The summed E-state index contributed by atoms with van der Waals surface area (Å²) in [6.45, 7) is 4.90. The third-order valence-electron chi connectivity index (χ3n) is 4.04. The minimum absolute atomic E-state index is 0.0746. The van der Waals surface area contributed by atoms with Gasteiger partial charge in [0.2, 0.25) is 17.8 Å². The number of carbonyl (C=O) groups is 2. The minimum atomic E-state index is -0.145. The van der Waals surface area contributed by atoms with Gasteiger partial charge in [-0.2, -0.15) is 0 Å². The van der Waals surface area contributed by atoms with E-state index in [1.54, 1.807) is 42.7 Å². The Balaban J connectivity index is 1.48. The lowest BCUT2D eigenvalue weighted by Crippen LogP contribution is -2.49. The second-order valence-electron chi connectivity index (χ2n) is 6.12. The van der Waals surface area contributed by atoms with Gasteiger partial charge in [0.25, 0.3) is 0 Å². The summed E-state index contributed by atoms with van der Waals surface area (Å²) in [4.78, 5) is 36.1. The molecular weight excluding hydrogens is 332 g/mol. The van der Waals surface area contributed by atoms with E-state index in [1.807, 2.05) is 0 Å². The average Bonchev–Trinajstić information content (AvgIpc) is 2.63. The van der Waals surface area contributed by atoms with Crippen LogP contribution in [0.15, 0.2) is 42.7 Å². The number of hydrogen-bond donors (Lipinski definition) is 2. The Morgan fingerprint density at radius 1 is 1.00 bits per heavy atom. The van der Waals surface area contributed by atoms with Crippen molar-refractivity contribution in [3.05, 3.63) is 42.7 Å². The molecule has 136 valence electrons. The lowest BCUT2D eigenvalue weighted by Gasteiger charge is -2.34. The number of nitrogens with zero attached hydrogens (tertiary/aromatic N) is 4.